The number of aromatic nitrogens is 1. The summed E-state index contributed by atoms with van der Waals surface area (Å²) in [6.45, 7) is 6.28. The number of pyridine rings is 1. The Labute approximate surface area is 130 Å². The molecule has 0 amide bonds. The van der Waals surface area contributed by atoms with Crippen LogP contribution in [-0.4, -0.2) is 41.3 Å². The van der Waals surface area contributed by atoms with Crippen LogP contribution in [0.15, 0.2) is 10.9 Å². The standard InChI is InChI=1S/C15H23N3O2S/c1-3-17-7-5-13-11(10-17)9-12(14(16)21)15(19)18(13)6-4-8-20-2/h9H,3-8,10H2,1-2H3,(H2,16,21). The van der Waals surface area contributed by atoms with Crippen molar-refractivity contribution in [3.05, 3.63) is 33.2 Å². The Bertz CT molecular complexity index is 583. The van der Waals surface area contributed by atoms with E-state index in [0.29, 0.717) is 18.7 Å². The van der Waals surface area contributed by atoms with Crippen molar-refractivity contribution in [1.29, 1.82) is 0 Å². The smallest absolute Gasteiger partial charge is 0.261 e. The number of nitrogens with zero attached hydrogens (tertiary/aromatic N) is 2. The highest BCUT2D eigenvalue weighted by atomic mass is 32.1. The van der Waals surface area contributed by atoms with E-state index in [1.54, 1.807) is 7.11 Å². The van der Waals surface area contributed by atoms with Crippen LogP contribution >= 0.6 is 12.2 Å². The number of fused-ring (bicyclic) bond motifs is 1. The highest BCUT2D eigenvalue weighted by Crippen LogP contribution is 2.19. The second-order valence-electron chi connectivity index (χ2n) is 5.32. The molecule has 2 heterocycles. The molecule has 0 aromatic carbocycles. The van der Waals surface area contributed by atoms with Gasteiger partial charge in [-0.05, 0) is 24.6 Å². The van der Waals surface area contributed by atoms with E-state index < -0.39 is 0 Å². The molecule has 1 aliphatic heterocycles. The number of rotatable bonds is 6. The van der Waals surface area contributed by atoms with E-state index >= 15 is 0 Å². The molecule has 0 aliphatic carbocycles. The Kier molecular flexibility index (Phi) is 5.50. The van der Waals surface area contributed by atoms with Gasteiger partial charge in [-0.2, -0.15) is 0 Å². The molecule has 0 spiro atoms. The summed E-state index contributed by atoms with van der Waals surface area (Å²) < 4.78 is 6.93. The summed E-state index contributed by atoms with van der Waals surface area (Å²) in [6.07, 6.45) is 1.70. The molecule has 2 N–H and O–H groups in total. The molecular formula is C15H23N3O2S. The number of thiocarbonyl (C=S) groups is 1. The maximum atomic E-state index is 12.6. The van der Waals surface area contributed by atoms with Crippen LogP contribution in [0.2, 0.25) is 0 Å². The summed E-state index contributed by atoms with van der Waals surface area (Å²) in [5.74, 6) is 0. The lowest BCUT2D eigenvalue weighted by Crippen LogP contribution is -2.38. The van der Waals surface area contributed by atoms with Gasteiger partial charge < -0.3 is 15.0 Å². The van der Waals surface area contributed by atoms with Gasteiger partial charge in [0.25, 0.3) is 5.56 Å². The van der Waals surface area contributed by atoms with Crippen LogP contribution in [0.1, 0.15) is 30.2 Å². The first-order chi connectivity index (χ1) is 10.1. The minimum atomic E-state index is -0.0673. The predicted molar refractivity (Wildman–Crippen MR) is 87.7 cm³/mol. The zero-order valence-corrected chi connectivity index (χ0v) is 13.5. The summed E-state index contributed by atoms with van der Waals surface area (Å²) in [6, 6.07) is 1.88. The van der Waals surface area contributed by atoms with E-state index in [2.05, 4.69) is 11.8 Å². The largest absolute Gasteiger partial charge is 0.389 e. The summed E-state index contributed by atoms with van der Waals surface area (Å²) in [5, 5.41) is 0. The molecule has 1 aliphatic rings. The zero-order chi connectivity index (χ0) is 15.4. The molecule has 1 aromatic heterocycles. The molecule has 0 atom stereocenters. The van der Waals surface area contributed by atoms with Gasteiger partial charge >= 0.3 is 0 Å². The number of ether oxygens (including phenoxy) is 1. The lowest BCUT2D eigenvalue weighted by Gasteiger charge is -2.30. The molecule has 0 radical (unpaired) electrons. The fourth-order valence-corrected chi connectivity index (χ4v) is 2.97. The predicted octanol–water partition coefficient (Wildman–Crippen LogP) is 0.897. The minimum Gasteiger partial charge on any atom is -0.389 e. The quantitative estimate of drug-likeness (QED) is 0.625. The molecule has 2 rings (SSSR count). The van der Waals surface area contributed by atoms with Crippen LogP contribution in [0.25, 0.3) is 0 Å². The average Bonchev–Trinajstić information content (AvgIpc) is 2.48. The summed E-state index contributed by atoms with van der Waals surface area (Å²) >= 11 is 5.03. The Morgan fingerprint density at radius 3 is 2.90 bits per heavy atom. The fourth-order valence-electron chi connectivity index (χ4n) is 2.83. The maximum Gasteiger partial charge on any atom is 0.261 e. The second-order valence-corrected chi connectivity index (χ2v) is 5.76. The van der Waals surface area contributed by atoms with Crippen LogP contribution in [0.3, 0.4) is 0 Å². The van der Waals surface area contributed by atoms with E-state index in [0.717, 1.165) is 38.2 Å². The third kappa shape index (κ3) is 3.51. The van der Waals surface area contributed by atoms with Gasteiger partial charge in [-0.15, -0.1) is 0 Å². The van der Waals surface area contributed by atoms with Crippen molar-refractivity contribution in [3.8, 4) is 0 Å². The lowest BCUT2D eigenvalue weighted by molar-refractivity contribution is 0.189. The summed E-state index contributed by atoms with van der Waals surface area (Å²) in [7, 11) is 1.67. The van der Waals surface area contributed by atoms with E-state index in [1.807, 2.05) is 10.6 Å². The molecular weight excluding hydrogens is 286 g/mol. The van der Waals surface area contributed by atoms with Gasteiger partial charge in [0.1, 0.15) is 4.99 Å². The van der Waals surface area contributed by atoms with E-state index in [1.165, 1.54) is 5.56 Å². The highest BCUT2D eigenvalue weighted by molar-refractivity contribution is 7.80. The molecule has 0 unspecified atom stereocenters. The molecule has 0 saturated heterocycles. The van der Waals surface area contributed by atoms with Crippen molar-refractivity contribution >= 4 is 17.2 Å². The molecule has 0 fully saturated rings. The number of hydrogen-bond acceptors (Lipinski definition) is 4. The first kappa shape index (κ1) is 16.1. The van der Waals surface area contributed by atoms with Crippen LogP contribution in [0, 0.1) is 0 Å². The Morgan fingerprint density at radius 1 is 1.52 bits per heavy atom. The number of hydrogen-bond donors (Lipinski definition) is 1. The molecule has 0 bridgehead atoms. The summed E-state index contributed by atoms with van der Waals surface area (Å²) in [5.41, 5.74) is 8.40. The van der Waals surface area contributed by atoms with Gasteiger partial charge in [-0.3, -0.25) is 9.69 Å². The molecule has 0 saturated carbocycles. The maximum absolute atomic E-state index is 12.6. The first-order valence-electron chi connectivity index (χ1n) is 7.35. The van der Waals surface area contributed by atoms with Crippen molar-refractivity contribution in [2.24, 2.45) is 5.73 Å². The zero-order valence-electron chi connectivity index (χ0n) is 12.7. The van der Waals surface area contributed by atoms with Crippen LogP contribution in [0.4, 0.5) is 0 Å². The van der Waals surface area contributed by atoms with Crippen molar-refractivity contribution in [2.45, 2.75) is 32.9 Å². The van der Waals surface area contributed by atoms with Crippen molar-refractivity contribution in [1.82, 2.24) is 9.47 Å². The van der Waals surface area contributed by atoms with Gasteiger partial charge in [-0.1, -0.05) is 19.1 Å². The van der Waals surface area contributed by atoms with E-state index in [9.17, 15) is 4.79 Å². The molecule has 6 heteroatoms. The van der Waals surface area contributed by atoms with Gasteiger partial charge in [0.05, 0.1) is 5.56 Å². The van der Waals surface area contributed by atoms with Gasteiger partial charge in [0.15, 0.2) is 0 Å². The monoisotopic (exact) mass is 309 g/mol. The molecule has 5 nitrogen and oxygen atoms in total. The van der Waals surface area contributed by atoms with Crippen LogP contribution < -0.4 is 11.3 Å². The SMILES string of the molecule is CCN1CCc2c(cc(C(N)=S)c(=O)n2CCCOC)C1. The third-order valence-corrected chi connectivity index (χ3v) is 4.21. The molecule has 21 heavy (non-hydrogen) atoms. The summed E-state index contributed by atoms with van der Waals surface area (Å²) in [4.78, 5) is 15.1. The lowest BCUT2D eigenvalue weighted by atomic mass is 10.0. The van der Waals surface area contributed by atoms with Gasteiger partial charge in [0.2, 0.25) is 0 Å². The molecule has 1 aromatic rings. The minimum absolute atomic E-state index is 0.0673. The topological polar surface area (TPSA) is 60.5 Å². The average molecular weight is 309 g/mol. The number of nitrogens with two attached hydrogens (primary N) is 1. The number of likely N-dealkylation sites (N-methyl/N-ethyl adjacent to an activating group) is 1. The van der Waals surface area contributed by atoms with E-state index in [4.69, 9.17) is 22.7 Å². The van der Waals surface area contributed by atoms with Gasteiger partial charge in [0, 0.05) is 45.5 Å². The van der Waals surface area contributed by atoms with Crippen molar-refractivity contribution in [2.75, 3.05) is 26.8 Å². The van der Waals surface area contributed by atoms with Gasteiger partial charge in [-0.25, -0.2) is 0 Å². The highest BCUT2D eigenvalue weighted by Gasteiger charge is 2.21. The Balaban J connectivity index is 2.43. The van der Waals surface area contributed by atoms with Crippen molar-refractivity contribution < 1.29 is 4.74 Å². The van der Waals surface area contributed by atoms with Crippen LogP contribution in [-0.2, 0) is 24.2 Å². The third-order valence-electron chi connectivity index (χ3n) is 3.99. The Morgan fingerprint density at radius 2 is 2.29 bits per heavy atom. The Hall–Kier alpha value is -1.24. The molecule has 116 valence electrons. The fraction of sp³-hybridized carbons (Fsp3) is 0.600. The van der Waals surface area contributed by atoms with E-state index in [-0.39, 0.29) is 10.5 Å². The first-order valence-corrected chi connectivity index (χ1v) is 7.76. The normalized spacial score (nSPS) is 15.0. The van der Waals surface area contributed by atoms with Crippen molar-refractivity contribution in [3.63, 3.8) is 0 Å². The van der Waals surface area contributed by atoms with Crippen LogP contribution in [0.5, 0.6) is 0 Å². The second kappa shape index (κ2) is 7.15. The number of methoxy groups -OCH3 is 1.